The second-order valence-corrected chi connectivity index (χ2v) is 8.89. The highest BCUT2D eigenvalue weighted by Gasteiger charge is 2.25. The smallest absolute Gasteiger partial charge is 0.341 e. The van der Waals surface area contributed by atoms with Crippen LogP contribution in [-0.2, 0) is 19.1 Å². The lowest BCUT2D eigenvalue weighted by atomic mass is 10.0. The molecule has 0 unspecified atom stereocenters. The number of ether oxygens (including phenoxy) is 2. The lowest BCUT2D eigenvalue weighted by molar-refractivity contribution is -0.142. The molecule has 0 saturated carbocycles. The molecule has 32 heavy (non-hydrogen) atoms. The molecule has 166 valence electrons. The Hall–Kier alpha value is -3.30. The number of nitrogens with one attached hydrogen (secondary N) is 1. The van der Waals surface area contributed by atoms with E-state index in [1.807, 2.05) is 49.6 Å². The maximum absolute atomic E-state index is 12.7. The topological polar surface area (TPSA) is 94.6 Å². The van der Waals surface area contributed by atoms with E-state index in [4.69, 9.17) is 9.47 Å². The van der Waals surface area contributed by atoms with Crippen LogP contribution < -0.4 is 5.32 Å². The van der Waals surface area contributed by atoms with Gasteiger partial charge < -0.3 is 14.8 Å². The number of hydrogen-bond acceptors (Lipinski definition) is 8. The third-order valence-electron chi connectivity index (χ3n) is 4.25. The fourth-order valence-electron chi connectivity index (χ4n) is 2.94. The van der Waals surface area contributed by atoms with E-state index in [1.165, 1.54) is 34.8 Å². The summed E-state index contributed by atoms with van der Waals surface area (Å²) >= 11 is 2.74. The first-order valence-electron chi connectivity index (χ1n) is 9.81. The summed E-state index contributed by atoms with van der Waals surface area (Å²) in [7, 11) is 0. The summed E-state index contributed by atoms with van der Waals surface area (Å²) in [6.45, 7) is 5.18. The van der Waals surface area contributed by atoms with Gasteiger partial charge in [0.1, 0.15) is 10.6 Å². The van der Waals surface area contributed by atoms with E-state index in [1.54, 1.807) is 6.92 Å². The maximum atomic E-state index is 12.7. The van der Waals surface area contributed by atoms with Crippen LogP contribution in [-0.4, -0.2) is 36.0 Å². The zero-order valence-corrected chi connectivity index (χ0v) is 19.5. The average Bonchev–Trinajstić information content (AvgIpc) is 3.33. The molecule has 0 aliphatic heterocycles. The maximum Gasteiger partial charge on any atom is 0.341 e. The molecule has 1 amide bonds. The Kier molecular flexibility index (Phi) is 7.91. The van der Waals surface area contributed by atoms with Crippen LogP contribution >= 0.6 is 22.7 Å². The number of hydrogen-bond donors (Lipinski definition) is 1. The van der Waals surface area contributed by atoms with Crippen LogP contribution in [0, 0.1) is 13.8 Å². The molecule has 3 rings (SSSR count). The molecular formula is C23H22N2O5S2. The van der Waals surface area contributed by atoms with Crippen molar-refractivity contribution in [2.24, 2.45) is 0 Å². The summed E-state index contributed by atoms with van der Waals surface area (Å²) in [4.78, 5) is 42.1. The summed E-state index contributed by atoms with van der Waals surface area (Å²) in [5, 5.41) is 5.73. The second-order valence-electron chi connectivity index (χ2n) is 6.60. The van der Waals surface area contributed by atoms with Gasteiger partial charge in [0.25, 0.3) is 5.91 Å². The average molecular weight is 471 g/mol. The number of amides is 1. The van der Waals surface area contributed by atoms with Crippen molar-refractivity contribution in [1.82, 2.24) is 4.98 Å². The molecule has 0 bridgehead atoms. The van der Waals surface area contributed by atoms with Crippen LogP contribution in [0.15, 0.2) is 41.8 Å². The number of carbonyl (C=O) groups is 3. The number of rotatable bonds is 8. The van der Waals surface area contributed by atoms with Gasteiger partial charge in [0.15, 0.2) is 6.61 Å². The molecule has 2 heterocycles. The lowest BCUT2D eigenvalue weighted by Crippen LogP contribution is -2.21. The molecule has 0 radical (unpaired) electrons. The number of aromatic nitrogens is 1. The number of esters is 2. The third-order valence-corrected chi connectivity index (χ3v) is 6.06. The van der Waals surface area contributed by atoms with Gasteiger partial charge in [-0.05, 0) is 32.4 Å². The molecule has 0 aliphatic carbocycles. The van der Waals surface area contributed by atoms with Gasteiger partial charge in [0.05, 0.1) is 17.3 Å². The van der Waals surface area contributed by atoms with E-state index in [0.29, 0.717) is 21.8 Å². The Bertz CT molecular complexity index is 1150. The number of thiophene rings is 1. The van der Waals surface area contributed by atoms with Crippen molar-refractivity contribution in [1.29, 1.82) is 0 Å². The normalized spacial score (nSPS) is 10.8. The minimum absolute atomic E-state index is 0.206. The molecular weight excluding hydrogens is 448 g/mol. The summed E-state index contributed by atoms with van der Waals surface area (Å²) in [6, 6.07) is 9.41. The predicted molar refractivity (Wildman–Crippen MR) is 126 cm³/mol. The summed E-state index contributed by atoms with van der Waals surface area (Å²) in [6.07, 6.45) is 2.74. The van der Waals surface area contributed by atoms with Gasteiger partial charge in [0.2, 0.25) is 0 Å². The van der Waals surface area contributed by atoms with Crippen molar-refractivity contribution < 1.29 is 23.9 Å². The van der Waals surface area contributed by atoms with Gasteiger partial charge in [-0.2, -0.15) is 0 Å². The SMILES string of the molecule is CCOC(=O)c1c(NC(=O)COC(=O)C=Cc2csc(C)n2)sc(C)c1-c1ccccc1. The summed E-state index contributed by atoms with van der Waals surface area (Å²) < 4.78 is 10.2. The number of aryl methyl sites for hydroxylation is 2. The molecule has 7 nitrogen and oxygen atoms in total. The van der Waals surface area contributed by atoms with Gasteiger partial charge >= 0.3 is 11.9 Å². The molecule has 1 aromatic carbocycles. The first-order valence-corrected chi connectivity index (χ1v) is 11.5. The van der Waals surface area contributed by atoms with Crippen molar-refractivity contribution in [2.75, 3.05) is 18.5 Å². The van der Waals surface area contributed by atoms with E-state index in [0.717, 1.165) is 15.4 Å². The van der Waals surface area contributed by atoms with Crippen LogP contribution in [0.1, 0.15) is 32.9 Å². The molecule has 9 heteroatoms. The zero-order valence-electron chi connectivity index (χ0n) is 17.8. The fraction of sp³-hybridized carbons (Fsp3) is 0.217. The number of thiazole rings is 1. The number of anilines is 1. The van der Waals surface area contributed by atoms with Gasteiger partial charge in [-0.3, -0.25) is 4.79 Å². The standard InChI is InChI=1S/C23H22N2O5S2/c1-4-29-23(28)21-20(16-8-6-5-7-9-16)14(2)32-22(21)25-18(26)12-30-19(27)11-10-17-13-31-15(3)24-17/h5-11,13H,4,12H2,1-3H3,(H,25,26). The highest BCUT2D eigenvalue weighted by molar-refractivity contribution is 7.17. The third kappa shape index (κ3) is 5.89. The molecule has 0 aliphatic rings. The summed E-state index contributed by atoms with van der Waals surface area (Å²) in [5.41, 5.74) is 2.50. The van der Waals surface area contributed by atoms with Crippen molar-refractivity contribution >= 4 is 51.6 Å². The molecule has 3 aromatic rings. The highest BCUT2D eigenvalue weighted by Crippen LogP contribution is 2.40. The highest BCUT2D eigenvalue weighted by atomic mass is 32.1. The summed E-state index contributed by atoms with van der Waals surface area (Å²) in [5.74, 6) is -1.74. The van der Waals surface area contributed by atoms with E-state index in [-0.39, 0.29) is 6.61 Å². The zero-order chi connectivity index (χ0) is 23.1. The number of nitrogens with zero attached hydrogens (tertiary/aromatic N) is 1. The monoisotopic (exact) mass is 470 g/mol. The molecule has 0 saturated heterocycles. The Balaban J connectivity index is 1.72. The Labute approximate surface area is 193 Å². The van der Waals surface area contributed by atoms with Crippen molar-refractivity contribution in [3.05, 3.63) is 62.9 Å². The Morgan fingerprint density at radius 1 is 1.12 bits per heavy atom. The van der Waals surface area contributed by atoms with Crippen LogP contribution in [0.3, 0.4) is 0 Å². The Morgan fingerprint density at radius 2 is 1.88 bits per heavy atom. The molecule has 2 aromatic heterocycles. The lowest BCUT2D eigenvalue weighted by Gasteiger charge is -2.09. The van der Waals surface area contributed by atoms with Crippen LogP contribution in [0.4, 0.5) is 5.00 Å². The molecule has 1 N–H and O–H groups in total. The first-order chi connectivity index (χ1) is 15.4. The largest absolute Gasteiger partial charge is 0.462 e. The molecule has 0 spiro atoms. The van der Waals surface area contributed by atoms with Crippen LogP contribution in [0.2, 0.25) is 0 Å². The van der Waals surface area contributed by atoms with Gasteiger partial charge in [-0.25, -0.2) is 14.6 Å². The number of carbonyl (C=O) groups excluding carboxylic acids is 3. The van der Waals surface area contributed by atoms with E-state index < -0.39 is 24.5 Å². The van der Waals surface area contributed by atoms with E-state index in [2.05, 4.69) is 10.3 Å². The first kappa shape index (κ1) is 23.4. The Morgan fingerprint density at radius 3 is 2.53 bits per heavy atom. The second kappa shape index (κ2) is 10.8. The van der Waals surface area contributed by atoms with Crippen molar-refractivity contribution in [2.45, 2.75) is 20.8 Å². The van der Waals surface area contributed by atoms with Crippen molar-refractivity contribution in [3.8, 4) is 11.1 Å². The quantitative estimate of drug-likeness (QED) is 0.373. The molecule has 0 fully saturated rings. The van der Waals surface area contributed by atoms with Crippen LogP contribution in [0.25, 0.3) is 17.2 Å². The van der Waals surface area contributed by atoms with E-state index in [9.17, 15) is 14.4 Å². The fourth-order valence-corrected chi connectivity index (χ4v) is 4.60. The van der Waals surface area contributed by atoms with Gasteiger partial charge in [-0.1, -0.05) is 30.3 Å². The van der Waals surface area contributed by atoms with Crippen molar-refractivity contribution in [3.63, 3.8) is 0 Å². The number of benzene rings is 1. The minimum Gasteiger partial charge on any atom is -0.462 e. The van der Waals surface area contributed by atoms with Crippen LogP contribution in [0.5, 0.6) is 0 Å². The molecule has 0 atom stereocenters. The minimum atomic E-state index is -0.663. The van der Waals surface area contributed by atoms with Gasteiger partial charge in [0, 0.05) is 21.9 Å². The predicted octanol–water partition coefficient (Wildman–Crippen LogP) is 4.86. The van der Waals surface area contributed by atoms with Gasteiger partial charge in [-0.15, -0.1) is 22.7 Å². The van der Waals surface area contributed by atoms with E-state index >= 15 is 0 Å².